The standard InChI is InChI=1S/C24H28ClFN6O3/c1-3-15(2)35-22(34)29-9-16-8-17(25)4-5-18(16)32-19(10-29)27-28-21(32)31-13-23(14-31)11-30(12-23)20(33)24(26)6-7-24/h4-5,8,15H,3,6-7,9-14H2,1-2H3/t15-/m1/s1. The number of hydrogen-bond donors (Lipinski definition) is 0. The summed E-state index contributed by atoms with van der Waals surface area (Å²) in [5, 5.41) is 9.47. The third-order valence-electron chi connectivity index (χ3n) is 7.57. The lowest BCUT2D eigenvalue weighted by atomic mass is 9.72. The number of fused-ring (bicyclic) bond motifs is 3. The van der Waals surface area contributed by atoms with Crippen LogP contribution in [0.4, 0.5) is 15.1 Å². The van der Waals surface area contributed by atoms with Crippen LogP contribution < -0.4 is 4.90 Å². The van der Waals surface area contributed by atoms with Gasteiger partial charge >= 0.3 is 6.09 Å². The Bertz CT molecular complexity index is 1200. The van der Waals surface area contributed by atoms with E-state index < -0.39 is 11.8 Å². The maximum atomic E-state index is 14.1. The van der Waals surface area contributed by atoms with Crippen molar-refractivity contribution in [1.29, 1.82) is 0 Å². The van der Waals surface area contributed by atoms with Crippen LogP contribution in [0.1, 0.15) is 44.5 Å². The minimum absolute atomic E-state index is 0.0208. The van der Waals surface area contributed by atoms with E-state index in [1.54, 1.807) is 9.80 Å². The molecule has 2 aromatic rings. The van der Waals surface area contributed by atoms with Crippen molar-refractivity contribution < 1.29 is 18.7 Å². The molecule has 1 aromatic carbocycles. The zero-order chi connectivity index (χ0) is 24.5. The molecule has 11 heteroatoms. The molecule has 0 N–H and O–H groups in total. The van der Waals surface area contributed by atoms with Crippen molar-refractivity contribution >= 4 is 29.5 Å². The summed E-state index contributed by atoms with van der Waals surface area (Å²) in [7, 11) is 0. The fourth-order valence-corrected chi connectivity index (χ4v) is 5.46. The molecular formula is C24H28ClFN6O3. The van der Waals surface area contributed by atoms with E-state index in [1.165, 1.54) is 0 Å². The number of aromatic nitrogens is 3. The molecule has 3 fully saturated rings. The number of benzene rings is 1. The number of alkyl halides is 1. The molecule has 9 nitrogen and oxygen atoms in total. The molecule has 0 radical (unpaired) electrons. The van der Waals surface area contributed by atoms with Gasteiger partial charge in [0.2, 0.25) is 5.95 Å². The summed E-state index contributed by atoms with van der Waals surface area (Å²) in [6.45, 7) is 7.04. The quantitative estimate of drug-likeness (QED) is 0.637. The number of anilines is 1. The molecule has 35 heavy (non-hydrogen) atoms. The summed E-state index contributed by atoms with van der Waals surface area (Å²) in [5.41, 5.74) is 0.129. The Balaban J connectivity index is 1.23. The molecule has 4 aliphatic rings. The largest absolute Gasteiger partial charge is 0.446 e. The van der Waals surface area contributed by atoms with Gasteiger partial charge in [-0.1, -0.05) is 18.5 Å². The van der Waals surface area contributed by atoms with E-state index in [0.29, 0.717) is 49.3 Å². The van der Waals surface area contributed by atoms with Crippen molar-refractivity contribution in [2.24, 2.45) is 5.41 Å². The number of hydrogen-bond acceptors (Lipinski definition) is 6. The molecule has 2 saturated heterocycles. The molecule has 1 atom stereocenters. The van der Waals surface area contributed by atoms with E-state index in [4.69, 9.17) is 16.3 Å². The molecule has 1 spiro atoms. The van der Waals surface area contributed by atoms with Gasteiger partial charge in [0.1, 0.15) is 6.10 Å². The molecule has 0 bridgehead atoms. The van der Waals surface area contributed by atoms with Gasteiger partial charge in [0.05, 0.1) is 18.8 Å². The first-order valence-corrected chi connectivity index (χ1v) is 12.5. The smallest absolute Gasteiger partial charge is 0.410 e. The predicted molar refractivity (Wildman–Crippen MR) is 126 cm³/mol. The Hall–Kier alpha value is -2.88. The lowest BCUT2D eigenvalue weighted by molar-refractivity contribution is -0.152. The third kappa shape index (κ3) is 3.73. The number of rotatable bonds is 4. The molecule has 1 aromatic heterocycles. The van der Waals surface area contributed by atoms with Crippen LogP contribution in [-0.2, 0) is 22.6 Å². The number of carbonyl (C=O) groups is 2. The van der Waals surface area contributed by atoms with Gasteiger partial charge in [-0.25, -0.2) is 9.18 Å². The summed E-state index contributed by atoms with van der Waals surface area (Å²) in [5.74, 6) is 0.981. The highest BCUT2D eigenvalue weighted by Crippen LogP contribution is 2.47. The van der Waals surface area contributed by atoms with Gasteiger partial charge in [-0.15, -0.1) is 10.2 Å². The molecule has 186 valence electrons. The monoisotopic (exact) mass is 502 g/mol. The number of amides is 2. The molecule has 2 amide bonds. The number of carbonyl (C=O) groups excluding carboxylic acids is 2. The predicted octanol–water partition coefficient (Wildman–Crippen LogP) is 3.32. The van der Waals surface area contributed by atoms with E-state index in [0.717, 1.165) is 30.8 Å². The van der Waals surface area contributed by atoms with Crippen molar-refractivity contribution in [1.82, 2.24) is 24.6 Å². The number of ether oxygens (including phenoxy) is 1. The highest BCUT2D eigenvalue weighted by Gasteiger charge is 2.60. The van der Waals surface area contributed by atoms with E-state index >= 15 is 0 Å². The van der Waals surface area contributed by atoms with E-state index in [1.807, 2.05) is 36.6 Å². The van der Waals surface area contributed by atoms with E-state index in [-0.39, 0.29) is 24.0 Å². The molecule has 6 rings (SSSR count). The Morgan fingerprint density at radius 3 is 2.57 bits per heavy atom. The van der Waals surface area contributed by atoms with Crippen molar-refractivity contribution in [3.8, 4) is 5.69 Å². The average Bonchev–Trinajstić information content (AvgIpc) is 3.44. The van der Waals surface area contributed by atoms with Gasteiger partial charge in [-0.2, -0.15) is 0 Å². The lowest BCUT2D eigenvalue weighted by Crippen LogP contribution is -2.74. The Morgan fingerprint density at radius 2 is 1.89 bits per heavy atom. The highest BCUT2D eigenvalue weighted by atomic mass is 35.5. The van der Waals surface area contributed by atoms with Crippen molar-refractivity contribution in [3.63, 3.8) is 0 Å². The molecule has 3 aliphatic heterocycles. The van der Waals surface area contributed by atoms with Crippen molar-refractivity contribution in [2.45, 2.75) is 58.0 Å². The molecule has 0 unspecified atom stereocenters. The summed E-state index contributed by atoms with van der Waals surface area (Å²) >= 11 is 6.30. The number of likely N-dealkylation sites (tertiary alicyclic amines) is 1. The maximum absolute atomic E-state index is 14.1. The minimum atomic E-state index is -1.61. The van der Waals surface area contributed by atoms with Crippen LogP contribution in [0.25, 0.3) is 5.69 Å². The maximum Gasteiger partial charge on any atom is 0.410 e. The van der Waals surface area contributed by atoms with Gasteiger partial charge < -0.3 is 14.5 Å². The zero-order valence-corrected chi connectivity index (χ0v) is 20.6. The van der Waals surface area contributed by atoms with Crippen LogP contribution in [0, 0.1) is 5.41 Å². The summed E-state index contributed by atoms with van der Waals surface area (Å²) in [6.07, 6.45) is 0.842. The molecule has 4 heterocycles. The number of nitrogens with zero attached hydrogens (tertiary/aromatic N) is 6. The van der Waals surface area contributed by atoms with Gasteiger partial charge in [0, 0.05) is 36.6 Å². The van der Waals surface area contributed by atoms with Crippen LogP contribution in [0.2, 0.25) is 5.02 Å². The van der Waals surface area contributed by atoms with Crippen molar-refractivity contribution in [3.05, 3.63) is 34.6 Å². The fourth-order valence-electron chi connectivity index (χ4n) is 5.27. The normalized spacial score (nSPS) is 21.9. The van der Waals surface area contributed by atoms with Crippen LogP contribution in [0.15, 0.2) is 18.2 Å². The van der Waals surface area contributed by atoms with Gasteiger partial charge in [0.15, 0.2) is 11.5 Å². The Labute approximate surface area is 207 Å². The van der Waals surface area contributed by atoms with Crippen molar-refractivity contribution in [2.75, 3.05) is 31.1 Å². The second-order valence-corrected chi connectivity index (χ2v) is 10.9. The number of halogens is 2. The van der Waals surface area contributed by atoms with Crippen LogP contribution in [0.5, 0.6) is 0 Å². The van der Waals surface area contributed by atoms with Crippen LogP contribution in [0.3, 0.4) is 0 Å². The third-order valence-corrected chi connectivity index (χ3v) is 7.81. The Morgan fingerprint density at radius 1 is 1.14 bits per heavy atom. The topological polar surface area (TPSA) is 83.8 Å². The highest BCUT2D eigenvalue weighted by molar-refractivity contribution is 6.30. The van der Waals surface area contributed by atoms with Crippen LogP contribution >= 0.6 is 11.6 Å². The van der Waals surface area contributed by atoms with Gasteiger partial charge in [0.25, 0.3) is 5.91 Å². The van der Waals surface area contributed by atoms with Crippen LogP contribution in [-0.4, -0.2) is 74.5 Å². The second kappa shape index (κ2) is 7.81. The lowest BCUT2D eigenvalue weighted by Gasteiger charge is -2.60. The first kappa shape index (κ1) is 22.6. The second-order valence-electron chi connectivity index (χ2n) is 10.5. The first-order valence-electron chi connectivity index (χ1n) is 12.1. The average molecular weight is 503 g/mol. The Kier molecular flexibility index (Phi) is 5.04. The zero-order valence-electron chi connectivity index (χ0n) is 19.8. The molecule has 1 aliphatic carbocycles. The fraction of sp³-hybridized carbons (Fsp3) is 0.583. The molecular weight excluding hydrogens is 475 g/mol. The SMILES string of the molecule is CC[C@@H](C)OC(=O)N1Cc2cc(Cl)ccc2-n2c(nnc2N2CC3(CN(C(=O)C4(F)CC4)C3)C2)C1. The summed E-state index contributed by atoms with van der Waals surface area (Å²) in [4.78, 5) is 30.5. The van der Waals surface area contributed by atoms with E-state index in [2.05, 4.69) is 15.1 Å². The minimum Gasteiger partial charge on any atom is -0.446 e. The summed E-state index contributed by atoms with van der Waals surface area (Å²) in [6, 6.07) is 5.60. The summed E-state index contributed by atoms with van der Waals surface area (Å²) < 4.78 is 21.7. The molecule has 1 saturated carbocycles. The first-order chi connectivity index (χ1) is 16.7. The van der Waals surface area contributed by atoms with E-state index in [9.17, 15) is 14.0 Å². The van der Waals surface area contributed by atoms with Gasteiger partial charge in [-0.05, 0) is 49.9 Å². The van der Waals surface area contributed by atoms with Gasteiger partial charge in [-0.3, -0.25) is 14.3 Å².